The van der Waals surface area contributed by atoms with Crippen LogP contribution in [0.15, 0.2) is 42.7 Å². The standard InChI is InChI=1S/C17H22ClN3/c1-13(2)20-11-15-6-7-16(9-17(15)18)21(3)12-14-5-4-8-19-10-14/h4-10,13,20H,11-12H2,1-3H3. The third kappa shape index (κ3) is 4.73. The summed E-state index contributed by atoms with van der Waals surface area (Å²) in [5, 5.41) is 4.19. The first-order valence-electron chi connectivity index (χ1n) is 7.18. The second-order valence-corrected chi connectivity index (χ2v) is 5.94. The Balaban J connectivity index is 2.05. The Kier molecular flexibility index (Phi) is 5.59. The molecule has 0 amide bonds. The van der Waals surface area contributed by atoms with Crippen LogP contribution in [-0.4, -0.2) is 18.1 Å². The number of aromatic nitrogens is 1. The Hall–Kier alpha value is -1.58. The maximum absolute atomic E-state index is 6.38. The fraction of sp³-hybridized carbons (Fsp3) is 0.353. The van der Waals surface area contributed by atoms with E-state index in [1.807, 2.05) is 18.3 Å². The third-order valence-corrected chi connectivity index (χ3v) is 3.67. The molecule has 4 heteroatoms. The van der Waals surface area contributed by atoms with E-state index in [4.69, 9.17) is 11.6 Å². The van der Waals surface area contributed by atoms with Crippen LogP contribution in [0.3, 0.4) is 0 Å². The van der Waals surface area contributed by atoms with Crippen LogP contribution in [0.1, 0.15) is 25.0 Å². The molecular weight excluding hydrogens is 282 g/mol. The molecule has 0 aliphatic rings. The molecule has 0 aliphatic carbocycles. The van der Waals surface area contributed by atoms with Gasteiger partial charge < -0.3 is 10.2 Å². The molecule has 0 radical (unpaired) electrons. The maximum atomic E-state index is 6.38. The molecule has 0 saturated heterocycles. The second-order valence-electron chi connectivity index (χ2n) is 5.53. The fourth-order valence-corrected chi connectivity index (χ4v) is 2.33. The average Bonchev–Trinajstić information content (AvgIpc) is 2.46. The Morgan fingerprint density at radius 2 is 2.10 bits per heavy atom. The lowest BCUT2D eigenvalue weighted by molar-refractivity contribution is 0.589. The van der Waals surface area contributed by atoms with E-state index in [0.29, 0.717) is 6.04 Å². The average molecular weight is 304 g/mol. The number of benzene rings is 1. The zero-order chi connectivity index (χ0) is 15.2. The van der Waals surface area contributed by atoms with E-state index >= 15 is 0 Å². The van der Waals surface area contributed by atoms with Gasteiger partial charge in [0, 0.05) is 49.3 Å². The van der Waals surface area contributed by atoms with Crippen molar-refractivity contribution in [1.82, 2.24) is 10.3 Å². The van der Waals surface area contributed by atoms with Gasteiger partial charge in [-0.15, -0.1) is 0 Å². The summed E-state index contributed by atoms with van der Waals surface area (Å²) in [4.78, 5) is 6.31. The van der Waals surface area contributed by atoms with Gasteiger partial charge in [0.15, 0.2) is 0 Å². The molecule has 0 atom stereocenters. The molecule has 0 aliphatic heterocycles. The molecule has 0 bridgehead atoms. The summed E-state index contributed by atoms with van der Waals surface area (Å²) in [6.07, 6.45) is 3.68. The van der Waals surface area contributed by atoms with Crippen molar-refractivity contribution in [2.45, 2.75) is 33.0 Å². The monoisotopic (exact) mass is 303 g/mol. The van der Waals surface area contributed by atoms with Crippen LogP contribution in [0.25, 0.3) is 0 Å². The zero-order valence-corrected chi connectivity index (χ0v) is 13.6. The van der Waals surface area contributed by atoms with Crippen molar-refractivity contribution in [1.29, 1.82) is 0 Å². The summed E-state index contributed by atoms with van der Waals surface area (Å²) in [6, 6.07) is 10.7. The Morgan fingerprint density at radius 3 is 2.71 bits per heavy atom. The molecule has 2 rings (SSSR count). The normalized spacial score (nSPS) is 10.9. The Bertz CT molecular complexity index is 570. The van der Waals surface area contributed by atoms with E-state index in [-0.39, 0.29) is 0 Å². The molecule has 1 heterocycles. The van der Waals surface area contributed by atoms with Crippen LogP contribution in [0.2, 0.25) is 5.02 Å². The summed E-state index contributed by atoms with van der Waals surface area (Å²) >= 11 is 6.38. The molecule has 1 N–H and O–H groups in total. The predicted molar refractivity (Wildman–Crippen MR) is 89.8 cm³/mol. The largest absolute Gasteiger partial charge is 0.370 e. The van der Waals surface area contributed by atoms with E-state index in [1.165, 1.54) is 5.56 Å². The number of hydrogen-bond donors (Lipinski definition) is 1. The van der Waals surface area contributed by atoms with Crippen molar-refractivity contribution < 1.29 is 0 Å². The summed E-state index contributed by atoms with van der Waals surface area (Å²) < 4.78 is 0. The highest BCUT2D eigenvalue weighted by molar-refractivity contribution is 6.31. The molecule has 1 aromatic carbocycles. The summed E-state index contributed by atoms with van der Waals surface area (Å²) in [7, 11) is 2.06. The van der Waals surface area contributed by atoms with Gasteiger partial charge in [-0.3, -0.25) is 4.98 Å². The van der Waals surface area contributed by atoms with E-state index in [2.05, 4.69) is 54.3 Å². The number of hydrogen-bond acceptors (Lipinski definition) is 3. The van der Waals surface area contributed by atoms with Crippen LogP contribution in [0.5, 0.6) is 0 Å². The highest BCUT2D eigenvalue weighted by Crippen LogP contribution is 2.24. The molecule has 2 aromatic rings. The minimum absolute atomic E-state index is 0.453. The first kappa shape index (κ1) is 15.8. The lowest BCUT2D eigenvalue weighted by Gasteiger charge is -2.20. The number of anilines is 1. The topological polar surface area (TPSA) is 28.2 Å². The molecule has 0 spiro atoms. The van der Waals surface area contributed by atoms with Gasteiger partial charge >= 0.3 is 0 Å². The van der Waals surface area contributed by atoms with Crippen LogP contribution in [-0.2, 0) is 13.1 Å². The molecule has 1 aromatic heterocycles. The fourth-order valence-electron chi connectivity index (χ4n) is 2.09. The first-order valence-corrected chi connectivity index (χ1v) is 7.56. The van der Waals surface area contributed by atoms with Crippen molar-refractivity contribution in [3.8, 4) is 0 Å². The van der Waals surface area contributed by atoms with Crippen molar-refractivity contribution in [2.24, 2.45) is 0 Å². The van der Waals surface area contributed by atoms with Crippen LogP contribution in [0.4, 0.5) is 5.69 Å². The van der Waals surface area contributed by atoms with Gasteiger partial charge in [-0.25, -0.2) is 0 Å². The molecule has 3 nitrogen and oxygen atoms in total. The molecule has 0 saturated carbocycles. The van der Waals surface area contributed by atoms with Gasteiger partial charge in [-0.1, -0.05) is 37.6 Å². The van der Waals surface area contributed by atoms with Crippen LogP contribution < -0.4 is 10.2 Å². The first-order chi connectivity index (χ1) is 10.1. The second kappa shape index (κ2) is 7.43. The van der Waals surface area contributed by atoms with Gasteiger partial charge in [0.05, 0.1) is 0 Å². The number of pyridine rings is 1. The van der Waals surface area contributed by atoms with E-state index in [1.54, 1.807) is 6.20 Å². The zero-order valence-electron chi connectivity index (χ0n) is 12.8. The lowest BCUT2D eigenvalue weighted by Crippen LogP contribution is -2.22. The molecule has 21 heavy (non-hydrogen) atoms. The summed E-state index contributed by atoms with van der Waals surface area (Å²) in [5.74, 6) is 0. The quantitative estimate of drug-likeness (QED) is 0.878. The van der Waals surface area contributed by atoms with Crippen molar-refractivity contribution in [3.05, 3.63) is 58.9 Å². The third-order valence-electron chi connectivity index (χ3n) is 3.32. The highest BCUT2D eigenvalue weighted by atomic mass is 35.5. The van der Waals surface area contributed by atoms with Crippen LogP contribution in [0, 0.1) is 0 Å². The van der Waals surface area contributed by atoms with Gasteiger partial charge in [0.1, 0.15) is 0 Å². The summed E-state index contributed by atoms with van der Waals surface area (Å²) in [5.41, 5.74) is 3.42. The van der Waals surface area contributed by atoms with Crippen molar-refractivity contribution >= 4 is 17.3 Å². The molecule has 112 valence electrons. The number of nitrogens with zero attached hydrogens (tertiary/aromatic N) is 2. The van der Waals surface area contributed by atoms with E-state index in [0.717, 1.165) is 29.4 Å². The lowest BCUT2D eigenvalue weighted by atomic mass is 10.1. The van der Waals surface area contributed by atoms with E-state index < -0.39 is 0 Å². The SMILES string of the molecule is CC(C)NCc1ccc(N(C)Cc2cccnc2)cc1Cl. The number of rotatable bonds is 6. The van der Waals surface area contributed by atoms with Gasteiger partial charge in [-0.2, -0.15) is 0 Å². The minimum Gasteiger partial charge on any atom is -0.370 e. The smallest absolute Gasteiger partial charge is 0.0471 e. The molecule has 0 unspecified atom stereocenters. The minimum atomic E-state index is 0.453. The molecular formula is C17H22ClN3. The van der Waals surface area contributed by atoms with Gasteiger partial charge in [-0.05, 0) is 29.3 Å². The van der Waals surface area contributed by atoms with Crippen molar-refractivity contribution in [2.75, 3.05) is 11.9 Å². The van der Waals surface area contributed by atoms with Gasteiger partial charge in [0.25, 0.3) is 0 Å². The predicted octanol–water partition coefficient (Wildman–Crippen LogP) is 3.87. The van der Waals surface area contributed by atoms with Gasteiger partial charge in [0.2, 0.25) is 0 Å². The highest BCUT2D eigenvalue weighted by Gasteiger charge is 2.07. The maximum Gasteiger partial charge on any atom is 0.0471 e. The Morgan fingerprint density at radius 1 is 1.29 bits per heavy atom. The summed E-state index contributed by atoms with van der Waals surface area (Å²) in [6.45, 7) is 5.87. The Labute approximate surface area is 132 Å². The van der Waals surface area contributed by atoms with Crippen LogP contribution >= 0.6 is 11.6 Å². The number of nitrogens with one attached hydrogen (secondary N) is 1. The molecule has 0 fully saturated rings. The number of halogens is 1. The van der Waals surface area contributed by atoms with Crippen molar-refractivity contribution in [3.63, 3.8) is 0 Å². The van der Waals surface area contributed by atoms with E-state index in [9.17, 15) is 0 Å².